The van der Waals surface area contributed by atoms with Crippen LogP contribution in [0.2, 0.25) is 0 Å². The summed E-state index contributed by atoms with van der Waals surface area (Å²) < 4.78 is 20.3. The molecule has 0 atom stereocenters. The van der Waals surface area contributed by atoms with E-state index in [0.29, 0.717) is 29.8 Å². The SMILES string of the molecule is COCCNC(=O)c1ccc2c(=O)n(-c3cccc(F)c3)c(SCC(=O)c3c[nH]c4ccccc34)nc2c1. The molecule has 2 N–H and O–H groups in total. The van der Waals surface area contributed by atoms with Gasteiger partial charge in [0.1, 0.15) is 5.82 Å². The van der Waals surface area contributed by atoms with Gasteiger partial charge in [0.2, 0.25) is 0 Å². The highest BCUT2D eigenvalue weighted by Crippen LogP contribution is 2.25. The van der Waals surface area contributed by atoms with Crippen molar-refractivity contribution in [2.24, 2.45) is 0 Å². The number of hydrogen-bond donors (Lipinski definition) is 2. The molecule has 8 nitrogen and oxygen atoms in total. The number of benzene rings is 3. The molecule has 0 saturated heterocycles. The van der Waals surface area contributed by atoms with Gasteiger partial charge < -0.3 is 15.0 Å². The number of aromatic amines is 1. The number of ketones is 1. The summed E-state index contributed by atoms with van der Waals surface area (Å²) in [6.45, 7) is 0.695. The standard InChI is InChI=1S/C28H23FN4O4S/c1-37-12-11-30-26(35)17-9-10-21-24(13-17)32-28(33(27(21)36)19-6-4-5-18(29)14-19)38-16-25(34)22-15-31-23-8-3-2-7-20(22)23/h2-10,13-15,31H,11-12,16H2,1H3,(H,30,35). The quantitative estimate of drug-likeness (QED) is 0.127. The van der Waals surface area contributed by atoms with Gasteiger partial charge in [0.25, 0.3) is 11.5 Å². The Hall–Kier alpha value is -4.28. The van der Waals surface area contributed by atoms with E-state index < -0.39 is 11.4 Å². The fourth-order valence-electron chi connectivity index (χ4n) is 4.13. The van der Waals surface area contributed by atoms with E-state index in [2.05, 4.69) is 15.3 Å². The molecule has 1 amide bonds. The van der Waals surface area contributed by atoms with Crippen molar-refractivity contribution in [3.63, 3.8) is 0 Å². The largest absolute Gasteiger partial charge is 0.383 e. The lowest BCUT2D eigenvalue weighted by atomic mass is 10.1. The first-order valence-electron chi connectivity index (χ1n) is 11.8. The molecule has 5 rings (SSSR count). The maximum atomic E-state index is 14.1. The summed E-state index contributed by atoms with van der Waals surface area (Å²) in [6.07, 6.45) is 1.66. The van der Waals surface area contributed by atoms with Crippen LogP contribution in [-0.4, -0.2) is 52.2 Å². The Kier molecular flexibility index (Phi) is 7.34. The van der Waals surface area contributed by atoms with Crippen molar-refractivity contribution in [1.29, 1.82) is 0 Å². The van der Waals surface area contributed by atoms with E-state index in [0.717, 1.165) is 22.7 Å². The second kappa shape index (κ2) is 11.0. The van der Waals surface area contributed by atoms with Crippen LogP contribution in [0, 0.1) is 5.82 Å². The van der Waals surface area contributed by atoms with Gasteiger partial charge in [0, 0.05) is 41.9 Å². The molecule has 0 aliphatic rings. The fraction of sp³-hybridized carbons (Fsp3) is 0.143. The molecule has 10 heteroatoms. The second-order valence-electron chi connectivity index (χ2n) is 8.46. The van der Waals surface area contributed by atoms with Gasteiger partial charge >= 0.3 is 0 Å². The zero-order valence-corrected chi connectivity index (χ0v) is 21.2. The Morgan fingerprint density at radius 3 is 2.74 bits per heavy atom. The summed E-state index contributed by atoms with van der Waals surface area (Å²) in [5.74, 6) is -1.00. The Morgan fingerprint density at radius 2 is 1.92 bits per heavy atom. The second-order valence-corrected chi connectivity index (χ2v) is 9.40. The van der Waals surface area contributed by atoms with Gasteiger partial charge in [-0.25, -0.2) is 9.37 Å². The van der Waals surface area contributed by atoms with Crippen LogP contribution in [0.3, 0.4) is 0 Å². The van der Waals surface area contributed by atoms with Crippen molar-refractivity contribution in [3.05, 3.63) is 100 Å². The third kappa shape index (κ3) is 5.09. The van der Waals surface area contributed by atoms with Crippen molar-refractivity contribution >= 4 is 45.3 Å². The number of carbonyl (C=O) groups excluding carboxylic acids is 2. The minimum absolute atomic E-state index is 0.00763. The molecule has 0 radical (unpaired) electrons. The number of thioether (sulfide) groups is 1. The Bertz CT molecular complexity index is 1730. The smallest absolute Gasteiger partial charge is 0.266 e. The molecule has 0 fully saturated rings. The number of para-hydroxylation sites is 1. The van der Waals surface area contributed by atoms with E-state index in [1.54, 1.807) is 12.3 Å². The first-order valence-corrected chi connectivity index (χ1v) is 12.8. The summed E-state index contributed by atoms with van der Waals surface area (Å²) in [6, 6.07) is 17.7. The monoisotopic (exact) mass is 530 g/mol. The Labute approximate surface area is 220 Å². The first-order chi connectivity index (χ1) is 18.5. The number of Topliss-reactive ketones (excluding diaryl/α,β-unsaturated/α-hetero) is 1. The Morgan fingerprint density at radius 1 is 1.08 bits per heavy atom. The van der Waals surface area contributed by atoms with Crippen LogP contribution in [0.1, 0.15) is 20.7 Å². The maximum Gasteiger partial charge on any atom is 0.266 e. The number of halogens is 1. The molecule has 3 aromatic carbocycles. The number of carbonyl (C=O) groups is 2. The van der Waals surface area contributed by atoms with Gasteiger partial charge in [-0.15, -0.1) is 0 Å². The van der Waals surface area contributed by atoms with Crippen molar-refractivity contribution in [2.75, 3.05) is 26.0 Å². The average Bonchev–Trinajstić information content (AvgIpc) is 3.36. The Balaban J connectivity index is 1.54. The van der Waals surface area contributed by atoms with Crippen LogP contribution in [-0.2, 0) is 4.74 Å². The molecule has 2 aromatic heterocycles. The van der Waals surface area contributed by atoms with Crippen molar-refractivity contribution < 1.29 is 18.7 Å². The van der Waals surface area contributed by atoms with Gasteiger partial charge in [-0.05, 0) is 42.5 Å². The highest BCUT2D eigenvalue weighted by Gasteiger charge is 2.18. The predicted molar refractivity (Wildman–Crippen MR) is 145 cm³/mol. The number of rotatable bonds is 9. The number of methoxy groups -OCH3 is 1. The molecular weight excluding hydrogens is 507 g/mol. The highest BCUT2D eigenvalue weighted by molar-refractivity contribution is 7.99. The lowest BCUT2D eigenvalue weighted by molar-refractivity contribution is 0.0936. The minimum Gasteiger partial charge on any atom is -0.383 e. The van der Waals surface area contributed by atoms with E-state index in [4.69, 9.17) is 4.74 Å². The topological polar surface area (TPSA) is 106 Å². The molecule has 0 aliphatic carbocycles. The predicted octanol–water partition coefficient (Wildman–Crippen LogP) is 4.36. The molecular formula is C28H23FN4O4S. The lowest BCUT2D eigenvalue weighted by Crippen LogP contribution is -2.27. The molecule has 0 unspecified atom stereocenters. The van der Waals surface area contributed by atoms with Crippen LogP contribution in [0.25, 0.3) is 27.5 Å². The molecule has 5 aromatic rings. The minimum atomic E-state index is -0.511. The maximum absolute atomic E-state index is 14.1. The molecule has 0 saturated carbocycles. The third-order valence-electron chi connectivity index (χ3n) is 5.98. The molecule has 192 valence electrons. The number of amides is 1. The van der Waals surface area contributed by atoms with Gasteiger partial charge in [-0.1, -0.05) is 36.0 Å². The summed E-state index contributed by atoms with van der Waals surface area (Å²) in [5.41, 5.74) is 1.85. The zero-order chi connectivity index (χ0) is 26.6. The number of H-pyrrole nitrogens is 1. The highest BCUT2D eigenvalue weighted by atomic mass is 32.2. The zero-order valence-electron chi connectivity index (χ0n) is 20.4. The first kappa shape index (κ1) is 25.4. The van der Waals surface area contributed by atoms with Gasteiger partial charge in [0.05, 0.1) is 29.0 Å². The summed E-state index contributed by atoms with van der Waals surface area (Å²) in [7, 11) is 1.54. The lowest BCUT2D eigenvalue weighted by Gasteiger charge is -2.14. The van der Waals surface area contributed by atoms with Crippen LogP contribution in [0.5, 0.6) is 0 Å². The number of nitrogens with one attached hydrogen (secondary N) is 2. The number of ether oxygens (including phenoxy) is 1. The average molecular weight is 531 g/mol. The van der Waals surface area contributed by atoms with Gasteiger partial charge in [0.15, 0.2) is 10.9 Å². The normalized spacial score (nSPS) is 11.2. The summed E-state index contributed by atoms with van der Waals surface area (Å²) in [4.78, 5) is 47.0. The van der Waals surface area contributed by atoms with Gasteiger partial charge in [-0.2, -0.15) is 0 Å². The van der Waals surface area contributed by atoms with Crippen LogP contribution in [0.4, 0.5) is 4.39 Å². The van der Waals surface area contributed by atoms with E-state index in [1.165, 1.54) is 48.1 Å². The van der Waals surface area contributed by atoms with Crippen LogP contribution >= 0.6 is 11.8 Å². The summed E-state index contributed by atoms with van der Waals surface area (Å²) in [5, 5.41) is 4.01. The van der Waals surface area contributed by atoms with E-state index in [1.807, 2.05) is 24.3 Å². The molecule has 0 spiro atoms. The third-order valence-corrected chi connectivity index (χ3v) is 6.92. The fourth-order valence-corrected chi connectivity index (χ4v) is 5.02. The number of nitrogens with zero attached hydrogens (tertiary/aromatic N) is 2. The molecule has 0 aliphatic heterocycles. The summed E-state index contributed by atoms with van der Waals surface area (Å²) >= 11 is 1.07. The molecule has 0 bridgehead atoms. The van der Waals surface area contributed by atoms with Crippen molar-refractivity contribution in [3.8, 4) is 5.69 Å². The van der Waals surface area contributed by atoms with Crippen molar-refractivity contribution in [2.45, 2.75) is 5.16 Å². The van der Waals surface area contributed by atoms with Gasteiger partial charge in [-0.3, -0.25) is 19.0 Å². The van der Waals surface area contributed by atoms with Crippen LogP contribution in [0.15, 0.2) is 82.9 Å². The van der Waals surface area contributed by atoms with E-state index in [9.17, 15) is 18.8 Å². The number of fused-ring (bicyclic) bond motifs is 2. The molecule has 2 heterocycles. The van der Waals surface area contributed by atoms with Crippen molar-refractivity contribution in [1.82, 2.24) is 19.9 Å². The van der Waals surface area contributed by atoms with Crippen LogP contribution < -0.4 is 10.9 Å². The van der Waals surface area contributed by atoms with E-state index >= 15 is 0 Å². The number of aromatic nitrogens is 3. The number of hydrogen-bond acceptors (Lipinski definition) is 6. The van der Waals surface area contributed by atoms with E-state index in [-0.39, 0.29) is 33.7 Å². The molecule has 38 heavy (non-hydrogen) atoms.